The minimum absolute atomic E-state index is 0.136. The van der Waals surface area contributed by atoms with Crippen molar-refractivity contribution in [2.24, 2.45) is 0 Å². The lowest BCUT2D eigenvalue weighted by Crippen LogP contribution is -2.39. The van der Waals surface area contributed by atoms with Gasteiger partial charge in [0.15, 0.2) is 0 Å². The molecule has 5 nitrogen and oxygen atoms in total. The molecule has 142 valence electrons. The molecule has 5 heteroatoms. The number of methoxy groups -OCH3 is 1. The number of fused-ring (bicyclic) bond motifs is 1. The summed E-state index contributed by atoms with van der Waals surface area (Å²) in [6, 6.07) is 9.89. The average molecular weight is 366 g/mol. The van der Waals surface area contributed by atoms with E-state index in [-0.39, 0.29) is 11.9 Å². The van der Waals surface area contributed by atoms with Crippen molar-refractivity contribution in [2.75, 3.05) is 20.3 Å². The molecule has 0 atom stereocenters. The van der Waals surface area contributed by atoms with Crippen molar-refractivity contribution in [1.29, 1.82) is 0 Å². The highest BCUT2D eigenvalue weighted by atomic mass is 16.5. The second-order valence-electron chi connectivity index (χ2n) is 6.84. The molecule has 0 radical (unpaired) electrons. The first-order valence-corrected chi connectivity index (χ1v) is 9.24. The fourth-order valence-electron chi connectivity index (χ4n) is 3.25. The number of hydrogen-bond acceptors (Lipinski definition) is 4. The van der Waals surface area contributed by atoms with Crippen LogP contribution in [-0.4, -0.2) is 37.3 Å². The lowest BCUT2D eigenvalue weighted by molar-refractivity contribution is 0.0694. The topological polar surface area (TPSA) is 60.5 Å². The van der Waals surface area contributed by atoms with E-state index in [9.17, 15) is 4.79 Å². The standard InChI is InChI=1S/C22H26N2O3/c1-15(12-16(2)26-3)13-17-14-21(24-20-7-5-4-6-19(17)20)22(25)23-18-8-10-27-11-9-18/h4-7,12,14,18H,1,8-11,13H2,2-3H3,(H,23,25)/b16-12+. The van der Waals surface area contributed by atoms with Gasteiger partial charge in [-0.3, -0.25) is 4.79 Å². The van der Waals surface area contributed by atoms with Crippen molar-refractivity contribution in [1.82, 2.24) is 10.3 Å². The monoisotopic (exact) mass is 366 g/mol. The summed E-state index contributed by atoms with van der Waals surface area (Å²) in [6.45, 7) is 7.39. The summed E-state index contributed by atoms with van der Waals surface area (Å²) in [7, 11) is 1.64. The Bertz CT molecular complexity index is 867. The summed E-state index contributed by atoms with van der Waals surface area (Å²) in [5.74, 6) is 0.666. The minimum Gasteiger partial charge on any atom is -0.501 e. The van der Waals surface area contributed by atoms with Gasteiger partial charge in [-0.25, -0.2) is 4.98 Å². The predicted octanol–water partition coefficient (Wildman–Crippen LogP) is 3.79. The Morgan fingerprint density at radius 1 is 1.37 bits per heavy atom. The summed E-state index contributed by atoms with van der Waals surface area (Å²) in [5, 5.41) is 4.12. The molecule has 1 aromatic heterocycles. The molecule has 0 spiro atoms. The van der Waals surface area contributed by atoms with Crippen LogP contribution in [0.5, 0.6) is 0 Å². The highest BCUT2D eigenvalue weighted by Gasteiger charge is 2.19. The van der Waals surface area contributed by atoms with Crippen molar-refractivity contribution in [3.8, 4) is 0 Å². The van der Waals surface area contributed by atoms with Gasteiger partial charge in [-0.2, -0.15) is 0 Å². The maximum atomic E-state index is 12.7. The zero-order valence-corrected chi connectivity index (χ0v) is 16.0. The Balaban J connectivity index is 1.88. The van der Waals surface area contributed by atoms with Crippen LogP contribution in [0.1, 0.15) is 35.8 Å². The molecule has 1 N–H and O–H groups in total. The number of carbonyl (C=O) groups excluding carboxylic acids is 1. The summed E-state index contributed by atoms with van der Waals surface area (Å²) >= 11 is 0. The molecule has 2 heterocycles. The number of pyridine rings is 1. The lowest BCUT2D eigenvalue weighted by atomic mass is 10.00. The molecule has 1 aliphatic heterocycles. The molecule has 3 rings (SSSR count). The second kappa shape index (κ2) is 8.82. The van der Waals surface area contributed by atoms with E-state index in [4.69, 9.17) is 9.47 Å². The molecule has 1 aromatic carbocycles. The van der Waals surface area contributed by atoms with Crippen LogP contribution in [-0.2, 0) is 15.9 Å². The van der Waals surface area contributed by atoms with Crippen LogP contribution in [0.3, 0.4) is 0 Å². The molecule has 1 amide bonds. The quantitative estimate of drug-likeness (QED) is 0.624. The number of benzene rings is 1. The van der Waals surface area contributed by atoms with E-state index in [1.54, 1.807) is 7.11 Å². The Labute approximate surface area is 160 Å². The van der Waals surface area contributed by atoms with Gasteiger partial charge in [0, 0.05) is 24.6 Å². The Morgan fingerprint density at radius 2 is 2.11 bits per heavy atom. The van der Waals surface area contributed by atoms with E-state index in [0.29, 0.717) is 25.3 Å². The van der Waals surface area contributed by atoms with Gasteiger partial charge >= 0.3 is 0 Å². The van der Waals surface area contributed by atoms with Crippen LogP contribution in [0.25, 0.3) is 10.9 Å². The van der Waals surface area contributed by atoms with E-state index in [0.717, 1.165) is 40.6 Å². The number of ether oxygens (including phenoxy) is 2. The van der Waals surface area contributed by atoms with Gasteiger partial charge in [-0.1, -0.05) is 24.8 Å². The third-order valence-electron chi connectivity index (χ3n) is 4.74. The molecule has 0 bridgehead atoms. The van der Waals surface area contributed by atoms with Crippen LogP contribution in [0.2, 0.25) is 0 Å². The molecule has 0 unspecified atom stereocenters. The largest absolute Gasteiger partial charge is 0.501 e. The number of amides is 1. The van der Waals surface area contributed by atoms with Gasteiger partial charge in [0.05, 0.1) is 18.4 Å². The van der Waals surface area contributed by atoms with Crippen molar-refractivity contribution in [3.63, 3.8) is 0 Å². The normalized spacial score (nSPS) is 15.6. The second-order valence-corrected chi connectivity index (χ2v) is 6.84. The molecule has 27 heavy (non-hydrogen) atoms. The Hall–Kier alpha value is -2.66. The molecular formula is C22H26N2O3. The fourth-order valence-corrected chi connectivity index (χ4v) is 3.25. The summed E-state index contributed by atoms with van der Waals surface area (Å²) in [4.78, 5) is 17.3. The fraction of sp³-hybridized carbons (Fsp3) is 0.364. The Kier molecular flexibility index (Phi) is 6.24. The van der Waals surface area contributed by atoms with Gasteiger partial charge in [0.25, 0.3) is 5.91 Å². The first-order valence-electron chi connectivity index (χ1n) is 9.24. The highest BCUT2D eigenvalue weighted by Crippen LogP contribution is 2.22. The summed E-state index contributed by atoms with van der Waals surface area (Å²) in [6.07, 6.45) is 4.21. The number of carbonyl (C=O) groups is 1. The van der Waals surface area contributed by atoms with Crippen LogP contribution in [0, 0.1) is 0 Å². The summed E-state index contributed by atoms with van der Waals surface area (Å²) in [5.41, 5.74) is 3.20. The third-order valence-corrected chi connectivity index (χ3v) is 4.74. The smallest absolute Gasteiger partial charge is 0.270 e. The van der Waals surface area contributed by atoms with Gasteiger partial charge in [0.1, 0.15) is 5.69 Å². The maximum absolute atomic E-state index is 12.7. The van der Waals surface area contributed by atoms with Gasteiger partial charge in [0.2, 0.25) is 0 Å². The van der Waals surface area contributed by atoms with Crippen molar-refractivity contribution >= 4 is 16.8 Å². The third kappa shape index (κ3) is 4.95. The van der Waals surface area contributed by atoms with Crippen LogP contribution in [0.15, 0.2) is 54.3 Å². The lowest BCUT2D eigenvalue weighted by Gasteiger charge is -2.23. The van der Waals surface area contributed by atoms with E-state index in [1.807, 2.05) is 43.3 Å². The van der Waals surface area contributed by atoms with Gasteiger partial charge < -0.3 is 14.8 Å². The van der Waals surface area contributed by atoms with E-state index in [1.165, 1.54) is 0 Å². The average Bonchev–Trinajstić information content (AvgIpc) is 2.68. The zero-order chi connectivity index (χ0) is 19.2. The first kappa shape index (κ1) is 19.1. The van der Waals surface area contributed by atoms with E-state index >= 15 is 0 Å². The zero-order valence-electron chi connectivity index (χ0n) is 16.0. The van der Waals surface area contributed by atoms with Crippen molar-refractivity contribution in [3.05, 3.63) is 65.6 Å². The van der Waals surface area contributed by atoms with Crippen LogP contribution < -0.4 is 5.32 Å². The molecule has 1 aliphatic rings. The number of hydrogen-bond donors (Lipinski definition) is 1. The van der Waals surface area contributed by atoms with Gasteiger partial charge in [-0.15, -0.1) is 0 Å². The van der Waals surface area contributed by atoms with Gasteiger partial charge in [-0.05, 0) is 55.5 Å². The van der Waals surface area contributed by atoms with E-state index < -0.39 is 0 Å². The molecule has 1 saturated heterocycles. The molecule has 0 aliphatic carbocycles. The number of para-hydroxylation sites is 1. The van der Waals surface area contributed by atoms with Crippen molar-refractivity contribution < 1.29 is 14.3 Å². The number of nitrogens with one attached hydrogen (secondary N) is 1. The molecule has 2 aromatic rings. The van der Waals surface area contributed by atoms with Crippen molar-refractivity contribution in [2.45, 2.75) is 32.2 Å². The predicted molar refractivity (Wildman–Crippen MR) is 107 cm³/mol. The molecular weight excluding hydrogens is 340 g/mol. The van der Waals surface area contributed by atoms with E-state index in [2.05, 4.69) is 16.9 Å². The van der Waals surface area contributed by atoms with Crippen LogP contribution >= 0.6 is 0 Å². The SMILES string of the molecule is C=C(/C=C(\C)OC)Cc1cc(C(=O)NC2CCOCC2)nc2ccccc12. The molecule has 0 saturated carbocycles. The maximum Gasteiger partial charge on any atom is 0.270 e. The molecule has 1 fully saturated rings. The Morgan fingerprint density at radius 3 is 2.85 bits per heavy atom. The minimum atomic E-state index is -0.136. The number of rotatable bonds is 6. The first-order chi connectivity index (χ1) is 13.1. The summed E-state index contributed by atoms with van der Waals surface area (Å²) < 4.78 is 10.6. The number of aromatic nitrogens is 1. The highest BCUT2D eigenvalue weighted by molar-refractivity contribution is 5.96. The van der Waals surface area contributed by atoms with Crippen LogP contribution in [0.4, 0.5) is 0 Å². The number of nitrogens with zero attached hydrogens (tertiary/aromatic N) is 1. The number of allylic oxidation sites excluding steroid dienone is 3.